The third-order valence-electron chi connectivity index (χ3n) is 4.62. The van der Waals surface area contributed by atoms with Crippen molar-refractivity contribution in [2.75, 3.05) is 18.4 Å². The van der Waals surface area contributed by atoms with Crippen molar-refractivity contribution in [3.63, 3.8) is 0 Å². The quantitative estimate of drug-likeness (QED) is 0.841. The molecule has 0 spiro atoms. The van der Waals surface area contributed by atoms with E-state index in [1.165, 1.54) is 5.56 Å². The molecule has 1 fully saturated rings. The normalized spacial score (nSPS) is 17.0. The predicted octanol–water partition coefficient (Wildman–Crippen LogP) is 3.04. The Morgan fingerprint density at radius 3 is 2.69 bits per heavy atom. The zero-order chi connectivity index (χ0) is 18.4. The zero-order valence-corrected chi connectivity index (χ0v) is 15.1. The van der Waals surface area contributed by atoms with E-state index in [1.807, 2.05) is 31.2 Å². The van der Waals surface area contributed by atoms with Crippen LogP contribution in [0, 0.1) is 0 Å². The number of hydrogen-bond acceptors (Lipinski definition) is 3. The second kappa shape index (κ2) is 8.63. The topological polar surface area (TPSA) is 61.4 Å². The number of likely N-dealkylation sites (tertiary alicyclic amines) is 1. The Morgan fingerprint density at radius 1 is 1.12 bits per heavy atom. The van der Waals surface area contributed by atoms with Gasteiger partial charge in [-0.15, -0.1) is 0 Å². The van der Waals surface area contributed by atoms with Gasteiger partial charge in [-0.05, 0) is 50.1 Å². The van der Waals surface area contributed by atoms with Gasteiger partial charge in [0.1, 0.15) is 0 Å². The fourth-order valence-corrected chi connectivity index (χ4v) is 3.36. The summed E-state index contributed by atoms with van der Waals surface area (Å²) in [5.41, 5.74) is 2.42. The largest absolute Gasteiger partial charge is 0.352 e. The van der Waals surface area contributed by atoms with Crippen molar-refractivity contribution < 1.29 is 9.59 Å². The molecule has 1 heterocycles. The van der Waals surface area contributed by atoms with Crippen LogP contribution in [0.2, 0.25) is 0 Å². The molecule has 1 aliphatic rings. The van der Waals surface area contributed by atoms with Gasteiger partial charge in [0, 0.05) is 24.3 Å². The van der Waals surface area contributed by atoms with Crippen molar-refractivity contribution in [3.8, 4) is 0 Å². The number of amides is 2. The fourth-order valence-electron chi connectivity index (χ4n) is 3.36. The lowest BCUT2D eigenvalue weighted by Gasteiger charge is -2.23. The van der Waals surface area contributed by atoms with Gasteiger partial charge in [0.05, 0.1) is 6.04 Å². The maximum absolute atomic E-state index is 12.8. The van der Waals surface area contributed by atoms with Crippen LogP contribution in [0.3, 0.4) is 0 Å². The second-order valence-corrected chi connectivity index (χ2v) is 6.54. The van der Waals surface area contributed by atoms with Gasteiger partial charge in [-0.25, -0.2) is 0 Å². The molecule has 2 aromatic rings. The van der Waals surface area contributed by atoms with Gasteiger partial charge in [-0.1, -0.05) is 36.4 Å². The van der Waals surface area contributed by atoms with Gasteiger partial charge >= 0.3 is 0 Å². The van der Waals surface area contributed by atoms with Crippen molar-refractivity contribution in [1.82, 2.24) is 10.2 Å². The first-order valence-electron chi connectivity index (χ1n) is 9.14. The maximum atomic E-state index is 12.8. The highest BCUT2D eigenvalue weighted by Crippen LogP contribution is 2.22. The SMILES string of the molecule is CCNC(=O)c1cccc(NC(=O)C2CCCN2Cc2ccccc2)c1. The third kappa shape index (κ3) is 4.49. The van der Waals surface area contributed by atoms with E-state index in [9.17, 15) is 9.59 Å². The molecule has 2 N–H and O–H groups in total. The molecule has 136 valence electrons. The number of anilines is 1. The Kier molecular flexibility index (Phi) is 6.02. The van der Waals surface area contributed by atoms with Crippen molar-refractivity contribution in [2.24, 2.45) is 0 Å². The lowest BCUT2D eigenvalue weighted by Crippen LogP contribution is -2.39. The van der Waals surface area contributed by atoms with E-state index in [2.05, 4.69) is 27.7 Å². The number of benzene rings is 2. The molecular formula is C21H25N3O2. The van der Waals surface area contributed by atoms with Crippen LogP contribution in [0.4, 0.5) is 5.69 Å². The van der Waals surface area contributed by atoms with E-state index in [0.717, 1.165) is 25.9 Å². The minimum absolute atomic E-state index is 0.00789. The molecule has 2 aromatic carbocycles. The maximum Gasteiger partial charge on any atom is 0.251 e. The first-order valence-corrected chi connectivity index (χ1v) is 9.14. The first kappa shape index (κ1) is 18.1. The Labute approximate surface area is 154 Å². The van der Waals surface area contributed by atoms with Gasteiger partial charge in [-0.2, -0.15) is 0 Å². The molecular weight excluding hydrogens is 326 g/mol. The summed E-state index contributed by atoms with van der Waals surface area (Å²) in [6.07, 6.45) is 1.87. The van der Waals surface area contributed by atoms with Crippen LogP contribution >= 0.6 is 0 Å². The van der Waals surface area contributed by atoms with Crippen molar-refractivity contribution >= 4 is 17.5 Å². The zero-order valence-electron chi connectivity index (χ0n) is 15.1. The number of nitrogens with zero attached hydrogens (tertiary/aromatic N) is 1. The Morgan fingerprint density at radius 2 is 1.92 bits per heavy atom. The first-order chi connectivity index (χ1) is 12.7. The number of carbonyl (C=O) groups is 2. The summed E-state index contributed by atoms with van der Waals surface area (Å²) >= 11 is 0. The number of hydrogen-bond donors (Lipinski definition) is 2. The molecule has 1 saturated heterocycles. The van der Waals surface area contributed by atoms with Crippen LogP contribution in [0.25, 0.3) is 0 Å². The lowest BCUT2D eigenvalue weighted by atomic mass is 10.1. The fraction of sp³-hybridized carbons (Fsp3) is 0.333. The van der Waals surface area contributed by atoms with Gasteiger partial charge in [0.15, 0.2) is 0 Å². The number of rotatable bonds is 6. The molecule has 0 aromatic heterocycles. The van der Waals surface area contributed by atoms with Crippen LogP contribution in [0.1, 0.15) is 35.7 Å². The summed E-state index contributed by atoms with van der Waals surface area (Å²) in [5, 5.41) is 5.75. The summed E-state index contributed by atoms with van der Waals surface area (Å²) < 4.78 is 0. The van der Waals surface area contributed by atoms with Crippen LogP contribution < -0.4 is 10.6 Å². The lowest BCUT2D eigenvalue weighted by molar-refractivity contribution is -0.120. The molecule has 5 nitrogen and oxygen atoms in total. The van der Waals surface area contributed by atoms with Gasteiger partial charge in [0.25, 0.3) is 5.91 Å². The second-order valence-electron chi connectivity index (χ2n) is 6.54. The Bertz CT molecular complexity index is 761. The van der Waals surface area contributed by atoms with Crippen LogP contribution in [-0.2, 0) is 11.3 Å². The summed E-state index contributed by atoms with van der Waals surface area (Å²) in [6.45, 7) is 4.15. The molecule has 0 bridgehead atoms. The molecule has 5 heteroatoms. The Balaban J connectivity index is 1.65. The average Bonchev–Trinajstić information content (AvgIpc) is 3.11. The molecule has 0 radical (unpaired) electrons. The van der Waals surface area contributed by atoms with E-state index in [1.54, 1.807) is 18.2 Å². The van der Waals surface area contributed by atoms with Crippen LogP contribution in [0.15, 0.2) is 54.6 Å². The highest BCUT2D eigenvalue weighted by atomic mass is 16.2. The van der Waals surface area contributed by atoms with Gasteiger partial charge in [-0.3, -0.25) is 14.5 Å². The molecule has 3 rings (SSSR count). The molecule has 0 saturated carbocycles. The molecule has 2 amide bonds. The minimum atomic E-state index is -0.136. The summed E-state index contributed by atoms with van der Waals surface area (Å²) in [6, 6.07) is 17.2. The minimum Gasteiger partial charge on any atom is -0.352 e. The van der Waals surface area contributed by atoms with E-state index < -0.39 is 0 Å². The molecule has 1 unspecified atom stereocenters. The summed E-state index contributed by atoms with van der Waals surface area (Å²) in [7, 11) is 0. The number of carbonyl (C=O) groups excluding carboxylic acids is 2. The standard InChI is InChI=1S/C21H25N3O2/c1-2-22-20(25)17-10-6-11-18(14-17)23-21(26)19-12-7-13-24(19)15-16-8-4-3-5-9-16/h3-6,8-11,14,19H,2,7,12-13,15H2,1H3,(H,22,25)(H,23,26). The predicted molar refractivity (Wildman–Crippen MR) is 103 cm³/mol. The van der Waals surface area contributed by atoms with Crippen LogP contribution in [-0.4, -0.2) is 35.8 Å². The monoisotopic (exact) mass is 351 g/mol. The van der Waals surface area contributed by atoms with E-state index in [0.29, 0.717) is 17.8 Å². The molecule has 26 heavy (non-hydrogen) atoms. The number of nitrogens with one attached hydrogen (secondary N) is 2. The highest BCUT2D eigenvalue weighted by Gasteiger charge is 2.30. The van der Waals surface area contributed by atoms with E-state index in [-0.39, 0.29) is 17.9 Å². The van der Waals surface area contributed by atoms with Crippen molar-refractivity contribution in [2.45, 2.75) is 32.4 Å². The van der Waals surface area contributed by atoms with Gasteiger partial charge in [0.2, 0.25) is 5.91 Å². The van der Waals surface area contributed by atoms with Gasteiger partial charge < -0.3 is 10.6 Å². The smallest absolute Gasteiger partial charge is 0.251 e. The molecule has 1 aliphatic heterocycles. The average molecular weight is 351 g/mol. The Hall–Kier alpha value is -2.66. The molecule has 0 aliphatic carbocycles. The van der Waals surface area contributed by atoms with Crippen molar-refractivity contribution in [1.29, 1.82) is 0 Å². The van der Waals surface area contributed by atoms with Crippen molar-refractivity contribution in [3.05, 3.63) is 65.7 Å². The van der Waals surface area contributed by atoms with E-state index in [4.69, 9.17) is 0 Å². The van der Waals surface area contributed by atoms with Crippen LogP contribution in [0.5, 0.6) is 0 Å². The summed E-state index contributed by atoms with van der Waals surface area (Å²) in [4.78, 5) is 27.0. The highest BCUT2D eigenvalue weighted by molar-refractivity contribution is 5.98. The summed E-state index contributed by atoms with van der Waals surface area (Å²) in [5.74, 6) is -0.137. The third-order valence-corrected chi connectivity index (χ3v) is 4.62. The molecule has 1 atom stereocenters. The van der Waals surface area contributed by atoms with E-state index >= 15 is 0 Å².